The van der Waals surface area contributed by atoms with Crippen molar-refractivity contribution in [2.24, 2.45) is 0 Å². The van der Waals surface area contributed by atoms with Gasteiger partial charge in [-0.1, -0.05) is 54.9 Å². The van der Waals surface area contributed by atoms with E-state index in [4.69, 9.17) is 16.0 Å². The monoisotopic (exact) mass is 438 g/mol. The van der Waals surface area contributed by atoms with E-state index in [1.54, 1.807) is 46.4 Å². The Morgan fingerprint density at radius 1 is 0.935 bits per heavy atom. The molecule has 3 aromatic rings. The first-order chi connectivity index (χ1) is 15.1. The van der Waals surface area contributed by atoms with Gasteiger partial charge in [0.15, 0.2) is 0 Å². The number of nitrogens with zero attached hydrogens (tertiary/aromatic N) is 2. The van der Waals surface area contributed by atoms with Crippen molar-refractivity contribution in [2.45, 2.75) is 26.3 Å². The summed E-state index contributed by atoms with van der Waals surface area (Å²) in [6.45, 7) is 3.39. The number of carbonyl (C=O) groups excluding carboxylic acids is 2. The van der Waals surface area contributed by atoms with Crippen LogP contribution in [0.1, 0.15) is 35.0 Å². The first-order valence-corrected chi connectivity index (χ1v) is 10.8. The van der Waals surface area contributed by atoms with Gasteiger partial charge in [-0.05, 0) is 48.7 Å². The van der Waals surface area contributed by atoms with E-state index in [-0.39, 0.29) is 18.4 Å². The van der Waals surface area contributed by atoms with E-state index in [9.17, 15) is 9.59 Å². The molecule has 0 aliphatic heterocycles. The van der Waals surface area contributed by atoms with Crippen molar-refractivity contribution in [3.8, 4) is 0 Å². The van der Waals surface area contributed by atoms with E-state index >= 15 is 0 Å². The third-order valence-electron chi connectivity index (χ3n) is 4.97. The zero-order valence-corrected chi connectivity index (χ0v) is 18.4. The zero-order valence-electron chi connectivity index (χ0n) is 17.7. The Labute approximate surface area is 188 Å². The molecule has 2 amide bonds. The Hall–Kier alpha value is -3.05. The minimum absolute atomic E-state index is 0.00862. The van der Waals surface area contributed by atoms with Crippen molar-refractivity contribution in [1.82, 2.24) is 9.80 Å². The van der Waals surface area contributed by atoms with Gasteiger partial charge in [-0.3, -0.25) is 9.59 Å². The predicted octanol–water partition coefficient (Wildman–Crippen LogP) is 5.06. The lowest BCUT2D eigenvalue weighted by Crippen LogP contribution is -2.43. The van der Waals surface area contributed by atoms with Gasteiger partial charge in [0.25, 0.3) is 5.91 Å². The summed E-state index contributed by atoms with van der Waals surface area (Å²) in [5, 5.41) is 0.496. The highest BCUT2D eigenvalue weighted by molar-refractivity contribution is 6.31. The highest BCUT2D eigenvalue weighted by Gasteiger charge is 2.22. The van der Waals surface area contributed by atoms with Crippen LogP contribution < -0.4 is 0 Å². The molecule has 0 unspecified atom stereocenters. The normalized spacial score (nSPS) is 10.6. The number of hydrogen-bond acceptors (Lipinski definition) is 3. The molecule has 0 N–H and O–H groups in total. The summed E-state index contributed by atoms with van der Waals surface area (Å²) in [4.78, 5) is 29.6. The maximum atomic E-state index is 13.2. The van der Waals surface area contributed by atoms with Crippen LogP contribution in [0.4, 0.5) is 0 Å². The number of carbonyl (C=O) groups is 2. The molecule has 0 saturated heterocycles. The summed E-state index contributed by atoms with van der Waals surface area (Å²) >= 11 is 6.05. The van der Waals surface area contributed by atoms with E-state index in [0.29, 0.717) is 36.0 Å². The smallest absolute Gasteiger partial charge is 0.254 e. The second-order valence-electron chi connectivity index (χ2n) is 7.37. The lowest BCUT2D eigenvalue weighted by molar-refractivity contribution is -0.132. The molecule has 1 heterocycles. The highest BCUT2D eigenvalue weighted by atomic mass is 35.5. The second kappa shape index (κ2) is 11.4. The molecule has 0 radical (unpaired) electrons. The van der Waals surface area contributed by atoms with E-state index < -0.39 is 0 Å². The Balaban J connectivity index is 1.73. The van der Waals surface area contributed by atoms with Crippen LogP contribution in [-0.2, 0) is 17.8 Å². The Morgan fingerprint density at radius 2 is 1.74 bits per heavy atom. The summed E-state index contributed by atoms with van der Waals surface area (Å²) in [6, 6.07) is 20.5. The first kappa shape index (κ1) is 22.6. The number of amides is 2. The summed E-state index contributed by atoms with van der Waals surface area (Å²) in [5.74, 6) is 0.402. The molecule has 0 aliphatic carbocycles. The van der Waals surface area contributed by atoms with Crippen LogP contribution in [0.3, 0.4) is 0 Å². The van der Waals surface area contributed by atoms with Crippen LogP contribution >= 0.6 is 11.6 Å². The molecule has 3 rings (SSSR count). The van der Waals surface area contributed by atoms with E-state index in [2.05, 4.69) is 0 Å². The van der Waals surface area contributed by atoms with Crippen LogP contribution in [0.2, 0.25) is 5.02 Å². The molecule has 162 valence electrons. The molecule has 6 heteroatoms. The predicted molar refractivity (Wildman–Crippen MR) is 122 cm³/mol. The van der Waals surface area contributed by atoms with Crippen molar-refractivity contribution in [2.75, 3.05) is 19.6 Å². The van der Waals surface area contributed by atoms with Crippen LogP contribution in [0.5, 0.6) is 0 Å². The molecule has 2 aromatic carbocycles. The van der Waals surface area contributed by atoms with Crippen LogP contribution in [0.25, 0.3) is 0 Å². The van der Waals surface area contributed by atoms with Crippen LogP contribution in [-0.4, -0.2) is 41.2 Å². The maximum absolute atomic E-state index is 13.2. The molecule has 0 saturated carbocycles. The molecular formula is C25H27ClN2O3. The summed E-state index contributed by atoms with van der Waals surface area (Å²) < 4.78 is 5.46. The van der Waals surface area contributed by atoms with Crippen molar-refractivity contribution in [3.05, 3.63) is 94.9 Å². The van der Waals surface area contributed by atoms with Gasteiger partial charge in [0.1, 0.15) is 12.3 Å². The molecule has 1 aromatic heterocycles. The molecule has 0 spiro atoms. The van der Waals surface area contributed by atoms with Gasteiger partial charge in [-0.25, -0.2) is 0 Å². The topological polar surface area (TPSA) is 53.8 Å². The summed E-state index contributed by atoms with van der Waals surface area (Å²) in [7, 11) is 0. The Bertz CT molecular complexity index is 973. The molecule has 0 bridgehead atoms. The summed E-state index contributed by atoms with van der Waals surface area (Å²) in [5.41, 5.74) is 1.63. The van der Waals surface area contributed by atoms with Crippen molar-refractivity contribution < 1.29 is 14.0 Å². The number of rotatable bonds is 10. The van der Waals surface area contributed by atoms with Crippen molar-refractivity contribution in [3.63, 3.8) is 0 Å². The molecule has 0 atom stereocenters. The average molecular weight is 439 g/mol. The van der Waals surface area contributed by atoms with Crippen molar-refractivity contribution >= 4 is 23.4 Å². The van der Waals surface area contributed by atoms with Gasteiger partial charge >= 0.3 is 0 Å². The van der Waals surface area contributed by atoms with Gasteiger partial charge in [0, 0.05) is 23.7 Å². The van der Waals surface area contributed by atoms with E-state index in [0.717, 1.165) is 18.4 Å². The fraction of sp³-hybridized carbons (Fsp3) is 0.280. The SMILES string of the molecule is CCCN(CC(=O)N(CCc1ccccc1)Cc1ccco1)C(=O)c1cccc(Cl)c1. The van der Waals surface area contributed by atoms with Crippen LogP contribution in [0, 0.1) is 0 Å². The lowest BCUT2D eigenvalue weighted by atomic mass is 10.1. The fourth-order valence-electron chi connectivity index (χ4n) is 3.38. The van der Waals surface area contributed by atoms with E-state index in [1.165, 1.54) is 0 Å². The molecule has 31 heavy (non-hydrogen) atoms. The molecular weight excluding hydrogens is 412 g/mol. The number of halogens is 1. The van der Waals surface area contributed by atoms with Gasteiger partial charge in [-0.15, -0.1) is 0 Å². The maximum Gasteiger partial charge on any atom is 0.254 e. The fourth-order valence-corrected chi connectivity index (χ4v) is 3.57. The minimum atomic E-state index is -0.196. The molecule has 0 aliphatic rings. The third kappa shape index (κ3) is 6.72. The van der Waals surface area contributed by atoms with E-state index in [1.807, 2.05) is 43.3 Å². The quantitative estimate of drug-likeness (QED) is 0.444. The number of hydrogen-bond donors (Lipinski definition) is 0. The van der Waals surface area contributed by atoms with Gasteiger partial charge in [0.2, 0.25) is 5.91 Å². The average Bonchev–Trinajstić information content (AvgIpc) is 3.29. The zero-order chi connectivity index (χ0) is 22.1. The Morgan fingerprint density at radius 3 is 2.42 bits per heavy atom. The van der Waals surface area contributed by atoms with Gasteiger partial charge < -0.3 is 14.2 Å². The third-order valence-corrected chi connectivity index (χ3v) is 5.21. The van der Waals surface area contributed by atoms with Gasteiger partial charge in [0.05, 0.1) is 12.8 Å². The first-order valence-electron chi connectivity index (χ1n) is 10.5. The molecule has 0 fully saturated rings. The lowest BCUT2D eigenvalue weighted by Gasteiger charge is -2.27. The van der Waals surface area contributed by atoms with Crippen molar-refractivity contribution in [1.29, 1.82) is 0 Å². The largest absolute Gasteiger partial charge is 0.467 e. The van der Waals surface area contributed by atoms with Crippen LogP contribution in [0.15, 0.2) is 77.4 Å². The van der Waals surface area contributed by atoms with Gasteiger partial charge in [-0.2, -0.15) is 0 Å². The minimum Gasteiger partial charge on any atom is -0.467 e. The molecule has 5 nitrogen and oxygen atoms in total. The standard InChI is InChI=1S/C25H27ClN2O3/c1-2-14-28(25(30)21-10-6-11-22(26)17-21)19-24(29)27(18-23-12-7-16-31-23)15-13-20-8-4-3-5-9-20/h3-12,16-17H,2,13-15,18-19H2,1H3. The number of benzene rings is 2. The second-order valence-corrected chi connectivity index (χ2v) is 7.80. The number of furan rings is 1. The highest BCUT2D eigenvalue weighted by Crippen LogP contribution is 2.14. The Kier molecular flexibility index (Phi) is 8.30. The summed E-state index contributed by atoms with van der Waals surface area (Å²) in [6.07, 6.45) is 3.08.